The molecule has 1 aliphatic rings. The van der Waals surface area contributed by atoms with E-state index in [1.165, 1.54) is 0 Å². The van der Waals surface area contributed by atoms with E-state index < -0.39 is 5.67 Å². The summed E-state index contributed by atoms with van der Waals surface area (Å²) in [7, 11) is 0. The van der Waals surface area contributed by atoms with Gasteiger partial charge < -0.3 is 5.32 Å². The molecule has 1 aliphatic heterocycles. The molecule has 0 atom stereocenters. The Kier molecular flexibility index (Phi) is 2.39. The molecule has 0 radical (unpaired) electrons. The highest BCUT2D eigenvalue weighted by molar-refractivity contribution is 7.10. The Morgan fingerprint density at radius 3 is 2.69 bits per heavy atom. The van der Waals surface area contributed by atoms with Gasteiger partial charge in [-0.3, -0.25) is 0 Å². The van der Waals surface area contributed by atoms with Crippen molar-refractivity contribution < 1.29 is 4.39 Å². The summed E-state index contributed by atoms with van der Waals surface area (Å²) in [5, 5.41) is 5.17. The summed E-state index contributed by atoms with van der Waals surface area (Å²) in [5.74, 6) is 0. The second-order valence-corrected chi connectivity index (χ2v) is 4.56. The van der Waals surface area contributed by atoms with Crippen molar-refractivity contribution in [2.45, 2.75) is 25.4 Å². The third-order valence-electron chi connectivity index (χ3n) is 2.67. The molecule has 0 unspecified atom stereocenters. The molecule has 0 saturated carbocycles. The molecule has 0 aliphatic carbocycles. The van der Waals surface area contributed by atoms with Crippen molar-refractivity contribution >= 4 is 11.3 Å². The van der Waals surface area contributed by atoms with Crippen molar-refractivity contribution in [2.75, 3.05) is 13.1 Å². The highest BCUT2D eigenvalue weighted by atomic mass is 32.1. The molecule has 1 saturated heterocycles. The fourth-order valence-corrected chi connectivity index (χ4v) is 2.96. The van der Waals surface area contributed by atoms with Crippen molar-refractivity contribution in [1.29, 1.82) is 0 Å². The molecule has 0 aromatic carbocycles. The second-order valence-electron chi connectivity index (χ2n) is 3.65. The molecule has 1 aromatic rings. The van der Waals surface area contributed by atoms with Gasteiger partial charge in [0.2, 0.25) is 0 Å². The van der Waals surface area contributed by atoms with Crippen molar-refractivity contribution in [3.8, 4) is 0 Å². The molecule has 0 spiro atoms. The van der Waals surface area contributed by atoms with E-state index in [9.17, 15) is 4.39 Å². The minimum atomic E-state index is -1.05. The van der Waals surface area contributed by atoms with Gasteiger partial charge in [-0.25, -0.2) is 4.39 Å². The van der Waals surface area contributed by atoms with Gasteiger partial charge >= 0.3 is 0 Å². The normalized spacial score (nSPS) is 21.7. The lowest BCUT2D eigenvalue weighted by atomic mass is 9.91. The van der Waals surface area contributed by atoms with Gasteiger partial charge in [0.05, 0.1) is 0 Å². The zero-order valence-corrected chi connectivity index (χ0v) is 8.59. The van der Waals surface area contributed by atoms with E-state index in [2.05, 4.69) is 5.32 Å². The Hall–Kier alpha value is -0.410. The van der Waals surface area contributed by atoms with E-state index in [4.69, 9.17) is 0 Å². The number of alkyl halides is 1. The number of halogens is 1. The van der Waals surface area contributed by atoms with Gasteiger partial charge in [0.1, 0.15) is 5.67 Å². The van der Waals surface area contributed by atoms with Gasteiger partial charge in [-0.2, -0.15) is 0 Å². The Labute approximate surface area is 82.0 Å². The first-order valence-electron chi connectivity index (χ1n) is 4.67. The van der Waals surface area contributed by atoms with E-state index in [1.54, 1.807) is 11.3 Å². The zero-order chi connectivity index (χ0) is 9.31. The maximum Gasteiger partial charge on any atom is 0.147 e. The Morgan fingerprint density at radius 2 is 2.15 bits per heavy atom. The number of thiophene rings is 1. The highest BCUT2D eigenvalue weighted by Gasteiger charge is 2.35. The number of hydrogen-bond acceptors (Lipinski definition) is 2. The van der Waals surface area contributed by atoms with Crippen LogP contribution in [0.15, 0.2) is 11.4 Å². The summed E-state index contributed by atoms with van der Waals surface area (Å²) in [6.07, 6.45) is 1.24. The van der Waals surface area contributed by atoms with Gasteiger partial charge in [-0.1, -0.05) is 0 Å². The van der Waals surface area contributed by atoms with Crippen molar-refractivity contribution in [3.63, 3.8) is 0 Å². The van der Waals surface area contributed by atoms with E-state index in [0.29, 0.717) is 12.8 Å². The minimum Gasteiger partial charge on any atom is -0.316 e. The second kappa shape index (κ2) is 3.39. The van der Waals surface area contributed by atoms with Crippen LogP contribution in [-0.2, 0) is 5.67 Å². The number of aryl methyl sites for hydroxylation is 1. The van der Waals surface area contributed by atoms with Gasteiger partial charge in [0, 0.05) is 4.88 Å². The number of rotatable bonds is 1. The SMILES string of the molecule is Cc1ccsc1C1(F)CCNCC1. The van der Waals surface area contributed by atoms with Crippen LogP contribution in [0.3, 0.4) is 0 Å². The Bertz CT molecular complexity index is 289. The number of nitrogens with one attached hydrogen (secondary N) is 1. The largest absolute Gasteiger partial charge is 0.316 e. The molecule has 13 heavy (non-hydrogen) atoms. The van der Waals surface area contributed by atoms with Crippen LogP contribution in [0.5, 0.6) is 0 Å². The summed E-state index contributed by atoms with van der Waals surface area (Å²) in [4.78, 5) is 0.939. The molecule has 1 N–H and O–H groups in total. The van der Waals surface area contributed by atoms with Crippen molar-refractivity contribution in [1.82, 2.24) is 5.32 Å². The monoisotopic (exact) mass is 199 g/mol. The van der Waals surface area contributed by atoms with Crippen LogP contribution in [0.4, 0.5) is 4.39 Å². The molecule has 3 heteroatoms. The predicted molar refractivity (Wildman–Crippen MR) is 53.9 cm³/mol. The van der Waals surface area contributed by atoms with Gasteiger partial charge in [0.25, 0.3) is 0 Å². The molecule has 2 heterocycles. The quantitative estimate of drug-likeness (QED) is 0.733. The fourth-order valence-electron chi connectivity index (χ4n) is 1.88. The predicted octanol–water partition coefficient (Wildman–Crippen LogP) is 2.60. The van der Waals surface area contributed by atoms with E-state index in [-0.39, 0.29) is 0 Å². The Balaban J connectivity index is 2.27. The van der Waals surface area contributed by atoms with E-state index in [1.807, 2.05) is 18.4 Å². The van der Waals surface area contributed by atoms with Crippen LogP contribution in [0.2, 0.25) is 0 Å². The maximum atomic E-state index is 14.4. The first-order chi connectivity index (χ1) is 6.22. The molecule has 1 nitrogen and oxygen atoms in total. The van der Waals surface area contributed by atoms with E-state index >= 15 is 0 Å². The lowest BCUT2D eigenvalue weighted by Crippen LogP contribution is -2.36. The number of piperidine rings is 1. The minimum absolute atomic E-state index is 0.619. The van der Waals surface area contributed by atoms with Crippen LogP contribution in [0.1, 0.15) is 23.3 Å². The smallest absolute Gasteiger partial charge is 0.147 e. The molecular formula is C10H14FNS. The maximum absolute atomic E-state index is 14.4. The molecule has 72 valence electrons. The summed E-state index contributed by atoms with van der Waals surface area (Å²) >= 11 is 1.55. The van der Waals surface area contributed by atoms with Crippen LogP contribution >= 0.6 is 11.3 Å². The van der Waals surface area contributed by atoms with Gasteiger partial charge in [-0.15, -0.1) is 11.3 Å². The summed E-state index contributed by atoms with van der Waals surface area (Å²) in [6, 6.07) is 2.00. The summed E-state index contributed by atoms with van der Waals surface area (Å²) < 4.78 is 14.4. The first kappa shape index (κ1) is 9.16. The lowest BCUT2D eigenvalue weighted by Gasteiger charge is -2.29. The first-order valence-corrected chi connectivity index (χ1v) is 5.54. The van der Waals surface area contributed by atoms with Gasteiger partial charge in [0.15, 0.2) is 0 Å². The third kappa shape index (κ3) is 1.63. The Morgan fingerprint density at radius 1 is 1.46 bits per heavy atom. The molecule has 1 aromatic heterocycles. The van der Waals surface area contributed by atoms with Gasteiger partial charge in [-0.05, 0) is 49.9 Å². The number of hydrogen-bond donors (Lipinski definition) is 1. The van der Waals surface area contributed by atoms with Crippen LogP contribution < -0.4 is 5.32 Å². The topological polar surface area (TPSA) is 12.0 Å². The highest BCUT2D eigenvalue weighted by Crippen LogP contribution is 2.39. The molecule has 2 rings (SSSR count). The molecule has 0 amide bonds. The van der Waals surface area contributed by atoms with Crippen LogP contribution in [-0.4, -0.2) is 13.1 Å². The lowest BCUT2D eigenvalue weighted by molar-refractivity contribution is 0.119. The molecule has 1 fully saturated rings. The summed E-state index contributed by atoms with van der Waals surface area (Å²) in [6.45, 7) is 3.59. The van der Waals surface area contributed by atoms with Crippen LogP contribution in [0.25, 0.3) is 0 Å². The average Bonchev–Trinajstić information content (AvgIpc) is 2.53. The van der Waals surface area contributed by atoms with Crippen molar-refractivity contribution in [3.05, 3.63) is 21.9 Å². The zero-order valence-electron chi connectivity index (χ0n) is 7.77. The summed E-state index contributed by atoms with van der Waals surface area (Å²) in [5.41, 5.74) is 0.0538. The average molecular weight is 199 g/mol. The fraction of sp³-hybridized carbons (Fsp3) is 0.600. The molecular weight excluding hydrogens is 185 g/mol. The third-order valence-corrected chi connectivity index (χ3v) is 3.86. The van der Waals surface area contributed by atoms with Crippen LogP contribution in [0, 0.1) is 6.92 Å². The van der Waals surface area contributed by atoms with Crippen molar-refractivity contribution in [2.24, 2.45) is 0 Å². The molecule has 0 bridgehead atoms. The van der Waals surface area contributed by atoms with E-state index in [0.717, 1.165) is 23.5 Å². The standard InChI is InChI=1S/C10H14FNS/c1-8-2-7-13-9(8)10(11)3-5-12-6-4-10/h2,7,12H,3-6H2,1H3.